The van der Waals surface area contributed by atoms with Gasteiger partial charge in [0.1, 0.15) is 0 Å². The van der Waals surface area contributed by atoms with Crippen molar-refractivity contribution in [3.05, 3.63) is 55.6 Å². The number of thiophene rings is 1. The summed E-state index contributed by atoms with van der Waals surface area (Å²) in [5.41, 5.74) is 1.28. The fourth-order valence-corrected chi connectivity index (χ4v) is 3.05. The van der Waals surface area contributed by atoms with Gasteiger partial charge in [-0.15, -0.1) is 11.3 Å². The Morgan fingerprint density at radius 3 is 2.82 bits per heavy atom. The second-order valence-corrected chi connectivity index (χ2v) is 6.58. The van der Waals surface area contributed by atoms with E-state index in [-0.39, 0.29) is 0 Å². The van der Waals surface area contributed by atoms with Crippen LogP contribution in [-0.4, -0.2) is 0 Å². The highest BCUT2D eigenvalue weighted by Crippen LogP contribution is 2.23. The van der Waals surface area contributed by atoms with Crippen molar-refractivity contribution in [2.24, 2.45) is 0 Å². The molecular formula is C13H13BrClNS. The highest BCUT2D eigenvalue weighted by atomic mass is 79.9. The molecule has 2 rings (SSSR count). The van der Waals surface area contributed by atoms with Crippen molar-refractivity contribution in [2.75, 3.05) is 0 Å². The van der Waals surface area contributed by atoms with Crippen molar-refractivity contribution in [3.8, 4) is 0 Å². The molecule has 1 aromatic carbocycles. The van der Waals surface area contributed by atoms with Gasteiger partial charge in [0.2, 0.25) is 0 Å². The van der Waals surface area contributed by atoms with Gasteiger partial charge in [0.15, 0.2) is 0 Å². The van der Waals surface area contributed by atoms with Crippen LogP contribution in [0.15, 0.2) is 40.9 Å². The van der Waals surface area contributed by atoms with Gasteiger partial charge in [-0.3, -0.25) is 0 Å². The zero-order valence-corrected chi connectivity index (χ0v) is 12.6. The highest BCUT2D eigenvalue weighted by molar-refractivity contribution is 9.10. The Labute approximate surface area is 119 Å². The van der Waals surface area contributed by atoms with Gasteiger partial charge in [-0.25, -0.2) is 0 Å². The molecule has 1 atom stereocenters. The van der Waals surface area contributed by atoms with Crippen LogP contribution in [0.2, 0.25) is 4.34 Å². The second-order valence-electron chi connectivity index (χ2n) is 3.86. The summed E-state index contributed by atoms with van der Waals surface area (Å²) in [6.45, 7) is 3.02. The van der Waals surface area contributed by atoms with Gasteiger partial charge in [-0.2, -0.15) is 0 Å². The molecule has 4 heteroatoms. The molecule has 0 bridgehead atoms. The molecule has 0 spiro atoms. The summed E-state index contributed by atoms with van der Waals surface area (Å²) in [4.78, 5) is 1.26. The maximum absolute atomic E-state index is 5.90. The molecule has 17 heavy (non-hydrogen) atoms. The Kier molecular flexibility index (Phi) is 4.62. The van der Waals surface area contributed by atoms with E-state index >= 15 is 0 Å². The summed E-state index contributed by atoms with van der Waals surface area (Å²) < 4.78 is 1.96. The second kappa shape index (κ2) is 6.01. The molecule has 0 saturated carbocycles. The van der Waals surface area contributed by atoms with Crippen LogP contribution >= 0.6 is 38.9 Å². The van der Waals surface area contributed by atoms with Gasteiger partial charge in [0.05, 0.1) is 4.34 Å². The predicted octanol–water partition coefficient (Wildman–Crippen LogP) is 5.01. The average molecular weight is 331 g/mol. The fourth-order valence-electron chi connectivity index (χ4n) is 1.59. The van der Waals surface area contributed by atoms with E-state index in [1.807, 2.05) is 12.1 Å². The molecule has 0 saturated heterocycles. The van der Waals surface area contributed by atoms with Crippen molar-refractivity contribution < 1.29 is 0 Å². The van der Waals surface area contributed by atoms with E-state index in [0.717, 1.165) is 15.4 Å². The zero-order chi connectivity index (χ0) is 12.3. The molecule has 0 aliphatic carbocycles. The number of halogens is 2. The summed E-state index contributed by atoms with van der Waals surface area (Å²) in [6, 6.07) is 12.7. The van der Waals surface area contributed by atoms with Crippen LogP contribution in [0.5, 0.6) is 0 Å². The topological polar surface area (TPSA) is 12.0 Å². The van der Waals surface area contributed by atoms with Gasteiger partial charge < -0.3 is 5.32 Å². The molecule has 0 aliphatic rings. The molecule has 1 heterocycles. The first-order valence-electron chi connectivity index (χ1n) is 5.38. The molecule has 0 radical (unpaired) electrons. The number of hydrogen-bond acceptors (Lipinski definition) is 2. The first kappa shape index (κ1) is 13.1. The molecule has 90 valence electrons. The third kappa shape index (κ3) is 3.81. The van der Waals surface area contributed by atoms with Crippen molar-refractivity contribution in [3.63, 3.8) is 0 Å². The van der Waals surface area contributed by atoms with E-state index in [1.165, 1.54) is 10.4 Å². The lowest BCUT2D eigenvalue weighted by molar-refractivity contribution is 0.578. The fraction of sp³-hybridized carbons (Fsp3) is 0.231. The summed E-state index contributed by atoms with van der Waals surface area (Å²) >= 11 is 11.0. The predicted molar refractivity (Wildman–Crippen MR) is 78.7 cm³/mol. The van der Waals surface area contributed by atoms with Gasteiger partial charge in [-0.05, 0) is 36.8 Å². The van der Waals surface area contributed by atoms with Crippen molar-refractivity contribution in [2.45, 2.75) is 19.5 Å². The number of rotatable bonds is 4. The van der Waals surface area contributed by atoms with Gasteiger partial charge >= 0.3 is 0 Å². The number of nitrogens with one attached hydrogen (secondary N) is 1. The molecule has 1 unspecified atom stereocenters. The lowest BCUT2D eigenvalue weighted by Crippen LogP contribution is -2.17. The quantitative estimate of drug-likeness (QED) is 0.830. The van der Waals surface area contributed by atoms with Crippen LogP contribution in [0.1, 0.15) is 23.4 Å². The average Bonchev–Trinajstić information content (AvgIpc) is 2.72. The van der Waals surface area contributed by atoms with E-state index in [2.05, 4.69) is 52.4 Å². The van der Waals surface area contributed by atoms with Crippen molar-refractivity contribution >= 4 is 38.9 Å². The Morgan fingerprint density at radius 2 is 2.18 bits per heavy atom. The zero-order valence-electron chi connectivity index (χ0n) is 9.41. The Hall–Kier alpha value is -0.350. The largest absolute Gasteiger partial charge is 0.305 e. The van der Waals surface area contributed by atoms with E-state index < -0.39 is 0 Å². The first-order chi connectivity index (χ1) is 8.15. The van der Waals surface area contributed by atoms with Crippen LogP contribution in [-0.2, 0) is 6.54 Å². The third-order valence-electron chi connectivity index (χ3n) is 2.56. The summed E-state index contributed by atoms with van der Waals surface area (Å²) in [5, 5.41) is 3.49. The first-order valence-corrected chi connectivity index (χ1v) is 7.37. The Balaban J connectivity index is 1.95. The standard InChI is InChI=1S/C13H13BrClNS/c1-9(10-3-2-4-11(14)7-10)16-8-12-5-6-13(15)17-12/h2-7,9,16H,8H2,1H3. The Morgan fingerprint density at radius 1 is 1.35 bits per heavy atom. The third-order valence-corrected chi connectivity index (χ3v) is 4.28. The minimum absolute atomic E-state index is 0.327. The monoisotopic (exact) mass is 329 g/mol. The van der Waals surface area contributed by atoms with Gasteiger partial charge in [0, 0.05) is 21.9 Å². The maximum Gasteiger partial charge on any atom is 0.0931 e. The minimum atomic E-state index is 0.327. The number of benzene rings is 1. The minimum Gasteiger partial charge on any atom is -0.305 e. The summed E-state index contributed by atoms with van der Waals surface area (Å²) in [6.07, 6.45) is 0. The SMILES string of the molecule is CC(NCc1ccc(Cl)s1)c1cccc(Br)c1. The van der Waals surface area contributed by atoms with Crippen molar-refractivity contribution in [1.29, 1.82) is 0 Å². The highest BCUT2D eigenvalue weighted by Gasteiger charge is 2.06. The van der Waals surface area contributed by atoms with Crippen LogP contribution in [0.3, 0.4) is 0 Å². The van der Waals surface area contributed by atoms with E-state index in [1.54, 1.807) is 11.3 Å². The molecular weight excluding hydrogens is 318 g/mol. The van der Waals surface area contributed by atoms with Crippen LogP contribution in [0, 0.1) is 0 Å². The summed E-state index contributed by atoms with van der Waals surface area (Å²) in [5.74, 6) is 0. The van der Waals surface area contributed by atoms with E-state index in [4.69, 9.17) is 11.6 Å². The molecule has 0 fully saturated rings. The van der Waals surface area contributed by atoms with E-state index in [0.29, 0.717) is 6.04 Å². The smallest absolute Gasteiger partial charge is 0.0931 e. The van der Waals surface area contributed by atoms with Crippen LogP contribution < -0.4 is 5.32 Å². The molecule has 1 nitrogen and oxygen atoms in total. The normalized spacial score (nSPS) is 12.6. The molecule has 1 aromatic heterocycles. The Bertz CT molecular complexity index is 498. The van der Waals surface area contributed by atoms with E-state index in [9.17, 15) is 0 Å². The molecule has 1 N–H and O–H groups in total. The lowest BCUT2D eigenvalue weighted by atomic mass is 10.1. The van der Waals surface area contributed by atoms with Gasteiger partial charge in [0.25, 0.3) is 0 Å². The molecule has 0 amide bonds. The van der Waals surface area contributed by atoms with Crippen LogP contribution in [0.25, 0.3) is 0 Å². The lowest BCUT2D eigenvalue weighted by Gasteiger charge is -2.13. The molecule has 2 aromatic rings. The van der Waals surface area contributed by atoms with Crippen molar-refractivity contribution in [1.82, 2.24) is 5.32 Å². The number of hydrogen-bond donors (Lipinski definition) is 1. The van der Waals surface area contributed by atoms with Crippen LogP contribution in [0.4, 0.5) is 0 Å². The maximum atomic E-state index is 5.90. The molecule has 0 aliphatic heterocycles. The summed E-state index contributed by atoms with van der Waals surface area (Å²) in [7, 11) is 0. The van der Waals surface area contributed by atoms with Gasteiger partial charge in [-0.1, -0.05) is 39.7 Å².